The van der Waals surface area contributed by atoms with Crippen molar-refractivity contribution in [2.75, 3.05) is 12.0 Å². The van der Waals surface area contributed by atoms with Gasteiger partial charge in [0.05, 0.1) is 12.8 Å². The van der Waals surface area contributed by atoms with Gasteiger partial charge in [0.1, 0.15) is 11.3 Å². The molecule has 1 N–H and O–H groups in total. The predicted octanol–water partition coefficient (Wildman–Crippen LogP) is 3.12. The maximum Gasteiger partial charge on any atom is 0.335 e. The number of urea groups is 1. The summed E-state index contributed by atoms with van der Waals surface area (Å²) in [6.07, 6.45) is 1.45. The lowest BCUT2D eigenvalue weighted by Crippen LogP contribution is -2.54. The smallest absolute Gasteiger partial charge is 0.335 e. The molecule has 6 nitrogen and oxygen atoms in total. The molecule has 1 aliphatic heterocycles. The number of barbiturate groups is 1. The number of rotatable bonds is 3. The number of hydrogen-bond acceptors (Lipinski definition) is 4. The minimum atomic E-state index is -0.795. The second-order valence-electron chi connectivity index (χ2n) is 5.21. The Bertz CT molecular complexity index is 890. The normalized spacial score (nSPS) is 16.2. The summed E-state index contributed by atoms with van der Waals surface area (Å²) in [6, 6.07) is 12.8. The Labute approximate surface area is 152 Å². The number of nitrogens with one attached hydrogen (secondary N) is 1. The van der Waals surface area contributed by atoms with Crippen molar-refractivity contribution in [3.8, 4) is 5.75 Å². The maximum absolute atomic E-state index is 12.7. The fourth-order valence-corrected chi connectivity index (χ4v) is 2.63. The highest BCUT2D eigenvalue weighted by molar-refractivity contribution is 9.10. The summed E-state index contributed by atoms with van der Waals surface area (Å²) < 4.78 is 5.99. The monoisotopic (exact) mass is 400 g/mol. The Morgan fingerprint density at radius 1 is 1.08 bits per heavy atom. The first-order valence-corrected chi connectivity index (χ1v) is 8.10. The van der Waals surface area contributed by atoms with Gasteiger partial charge in [-0.1, -0.05) is 34.1 Å². The van der Waals surface area contributed by atoms with Gasteiger partial charge in [0.25, 0.3) is 11.8 Å². The van der Waals surface area contributed by atoms with Crippen LogP contribution in [0.1, 0.15) is 5.56 Å². The van der Waals surface area contributed by atoms with Crippen LogP contribution >= 0.6 is 15.9 Å². The van der Waals surface area contributed by atoms with Crippen LogP contribution in [0.4, 0.5) is 10.5 Å². The third kappa shape index (κ3) is 3.46. The summed E-state index contributed by atoms with van der Waals surface area (Å²) in [5, 5.41) is 2.19. The molecule has 0 aliphatic carbocycles. The molecule has 0 unspecified atom stereocenters. The second-order valence-corrected chi connectivity index (χ2v) is 6.13. The lowest BCUT2D eigenvalue weighted by molar-refractivity contribution is -0.122. The molecule has 0 saturated carbocycles. The van der Waals surface area contributed by atoms with E-state index in [4.69, 9.17) is 4.74 Å². The second kappa shape index (κ2) is 6.90. The van der Waals surface area contributed by atoms with E-state index < -0.39 is 17.8 Å². The van der Waals surface area contributed by atoms with E-state index in [9.17, 15) is 14.4 Å². The number of benzene rings is 2. The zero-order chi connectivity index (χ0) is 18.0. The minimum Gasteiger partial charge on any atom is -0.497 e. The van der Waals surface area contributed by atoms with E-state index in [0.29, 0.717) is 17.0 Å². The van der Waals surface area contributed by atoms with Crippen molar-refractivity contribution in [1.82, 2.24) is 5.32 Å². The van der Waals surface area contributed by atoms with E-state index in [2.05, 4.69) is 21.2 Å². The van der Waals surface area contributed by atoms with Crippen molar-refractivity contribution >= 4 is 45.5 Å². The number of carbonyl (C=O) groups is 3. The van der Waals surface area contributed by atoms with Gasteiger partial charge in [-0.3, -0.25) is 14.9 Å². The van der Waals surface area contributed by atoms with Crippen LogP contribution in [0.3, 0.4) is 0 Å². The van der Waals surface area contributed by atoms with Gasteiger partial charge in [-0.15, -0.1) is 0 Å². The number of nitrogens with zero attached hydrogens (tertiary/aromatic N) is 1. The lowest BCUT2D eigenvalue weighted by atomic mass is 10.1. The van der Waals surface area contributed by atoms with Crippen LogP contribution in [0.25, 0.3) is 6.08 Å². The van der Waals surface area contributed by atoms with Gasteiger partial charge in [-0.2, -0.15) is 0 Å². The summed E-state index contributed by atoms with van der Waals surface area (Å²) in [5.41, 5.74) is 0.863. The zero-order valence-corrected chi connectivity index (χ0v) is 14.7. The predicted molar refractivity (Wildman–Crippen MR) is 96.1 cm³/mol. The Kier molecular flexibility index (Phi) is 4.67. The number of carbonyl (C=O) groups excluding carboxylic acids is 3. The molecule has 3 rings (SSSR count). The van der Waals surface area contributed by atoms with Gasteiger partial charge in [-0.05, 0) is 35.9 Å². The van der Waals surface area contributed by atoms with Crippen LogP contribution in [0.15, 0.2) is 58.6 Å². The highest BCUT2D eigenvalue weighted by Gasteiger charge is 2.36. The van der Waals surface area contributed by atoms with Crippen molar-refractivity contribution in [3.05, 3.63) is 64.1 Å². The molecule has 1 aliphatic rings. The van der Waals surface area contributed by atoms with Crippen LogP contribution in [0.5, 0.6) is 5.75 Å². The molecule has 2 aromatic rings. The van der Waals surface area contributed by atoms with Crippen LogP contribution in [0, 0.1) is 0 Å². The van der Waals surface area contributed by atoms with Gasteiger partial charge < -0.3 is 4.74 Å². The largest absolute Gasteiger partial charge is 0.497 e. The molecular weight excluding hydrogens is 388 g/mol. The van der Waals surface area contributed by atoms with Crippen molar-refractivity contribution in [3.63, 3.8) is 0 Å². The number of methoxy groups -OCH3 is 1. The number of hydrogen-bond donors (Lipinski definition) is 1. The number of halogens is 1. The van der Waals surface area contributed by atoms with Crippen LogP contribution in [-0.2, 0) is 9.59 Å². The Morgan fingerprint density at radius 3 is 2.48 bits per heavy atom. The number of amides is 4. The first-order valence-electron chi connectivity index (χ1n) is 7.30. The first-order chi connectivity index (χ1) is 12.0. The molecule has 0 radical (unpaired) electrons. The molecule has 25 heavy (non-hydrogen) atoms. The average Bonchev–Trinajstić information content (AvgIpc) is 2.60. The average molecular weight is 401 g/mol. The molecule has 1 saturated heterocycles. The Hall–Kier alpha value is -2.93. The van der Waals surface area contributed by atoms with Crippen LogP contribution in [-0.4, -0.2) is 25.0 Å². The highest BCUT2D eigenvalue weighted by atomic mass is 79.9. The van der Waals surface area contributed by atoms with E-state index in [-0.39, 0.29) is 5.57 Å². The van der Waals surface area contributed by atoms with E-state index >= 15 is 0 Å². The van der Waals surface area contributed by atoms with Crippen molar-refractivity contribution in [2.24, 2.45) is 0 Å². The van der Waals surface area contributed by atoms with Crippen molar-refractivity contribution < 1.29 is 19.1 Å². The topological polar surface area (TPSA) is 75.7 Å². The molecule has 0 bridgehead atoms. The van der Waals surface area contributed by atoms with E-state index in [1.165, 1.54) is 13.2 Å². The fraction of sp³-hybridized carbons (Fsp3) is 0.0556. The molecule has 7 heteroatoms. The van der Waals surface area contributed by atoms with E-state index in [0.717, 1.165) is 9.37 Å². The molecule has 126 valence electrons. The standard InChI is InChI=1S/C18H13BrN2O4/c1-25-14-4-2-3-13(10-14)21-17(23)15(16(22)20-18(21)24)9-11-5-7-12(19)8-6-11/h2-10H,1H3,(H,20,22,24)/b15-9-. The number of imide groups is 2. The van der Waals surface area contributed by atoms with Crippen molar-refractivity contribution in [1.29, 1.82) is 0 Å². The number of ether oxygens (including phenoxy) is 1. The molecule has 1 heterocycles. The molecular formula is C18H13BrN2O4. The van der Waals surface area contributed by atoms with E-state index in [1.807, 2.05) is 0 Å². The summed E-state index contributed by atoms with van der Waals surface area (Å²) >= 11 is 3.32. The zero-order valence-electron chi connectivity index (χ0n) is 13.2. The fourth-order valence-electron chi connectivity index (χ4n) is 2.37. The molecule has 4 amide bonds. The lowest BCUT2D eigenvalue weighted by Gasteiger charge is -2.26. The minimum absolute atomic E-state index is 0.121. The van der Waals surface area contributed by atoms with Gasteiger partial charge in [0, 0.05) is 10.5 Å². The Morgan fingerprint density at radius 2 is 1.80 bits per heavy atom. The van der Waals surface area contributed by atoms with E-state index in [1.54, 1.807) is 48.5 Å². The van der Waals surface area contributed by atoms with Gasteiger partial charge >= 0.3 is 6.03 Å². The first kappa shape index (κ1) is 16.9. The maximum atomic E-state index is 12.7. The summed E-state index contributed by atoms with van der Waals surface area (Å²) in [6.45, 7) is 0. The molecule has 1 fully saturated rings. The molecule has 0 atom stereocenters. The number of anilines is 1. The molecule has 0 spiro atoms. The van der Waals surface area contributed by atoms with Crippen LogP contribution < -0.4 is 15.0 Å². The summed E-state index contributed by atoms with van der Waals surface area (Å²) in [7, 11) is 1.49. The van der Waals surface area contributed by atoms with Gasteiger partial charge in [-0.25, -0.2) is 9.69 Å². The molecule has 2 aromatic carbocycles. The van der Waals surface area contributed by atoms with Crippen LogP contribution in [0.2, 0.25) is 0 Å². The summed E-state index contributed by atoms with van der Waals surface area (Å²) in [4.78, 5) is 37.9. The highest BCUT2D eigenvalue weighted by Crippen LogP contribution is 2.25. The van der Waals surface area contributed by atoms with Gasteiger partial charge in [0.15, 0.2) is 0 Å². The molecule has 0 aromatic heterocycles. The quantitative estimate of drug-likeness (QED) is 0.634. The summed E-state index contributed by atoms with van der Waals surface area (Å²) in [5.74, 6) is -0.921. The Balaban J connectivity index is 2.00. The van der Waals surface area contributed by atoms with Crippen molar-refractivity contribution in [2.45, 2.75) is 0 Å². The van der Waals surface area contributed by atoms with Gasteiger partial charge in [0.2, 0.25) is 0 Å². The third-order valence-electron chi connectivity index (χ3n) is 3.59. The SMILES string of the molecule is COc1cccc(N2C(=O)NC(=O)/C(=C/c3ccc(Br)cc3)C2=O)c1. The third-order valence-corrected chi connectivity index (χ3v) is 4.12.